The van der Waals surface area contributed by atoms with E-state index in [0.717, 1.165) is 53.9 Å². The van der Waals surface area contributed by atoms with Crippen LogP contribution in [0.2, 0.25) is 5.02 Å². The number of benzene rings is 3. The van der Waals surface area contributed by atoms with Crippen LogP contribution in [0.1, 0.15) is 11.1 Å². The average molecular weight is 448 g/mol. The number of nitrogens with zero attached hydrogens (tertiary/aromatic N) is 3. The van der Waals surface area contributed by atoms with E-state index in [9.17, 15) is 9.90 Å². The molecule has 0 saturated heterocycles. The van der Waals surface area contributed by atoms with Crippen molar-refractivity contribution in [1.82, 2.24) is 14.8 Å². The molecule has 5 aromatic rings. The summed E-state index contributed by atoms with van der Waals surface area (Å²) in [5.41, 5.74) is 6.36. The van der Waals surface area contributed by atoms with Gasteiger partial charge >= 0.3 is 5.97 Å². The van der Waals surface area contributed by atoms with Crippen LogP contribution in [0.3, 0.4) is 0 Å². The molecule has 0 spiro atoms. The second-order valence-corrected chi connectivity index (χ2v) is 8.97. The molecule has 0 aliphatic heterocycles. The summed E-state index contributed by atoms with van der Waals surface area (Å²) in [5.74, 6) is -0.859. The van der Waals surface area contributed by atoms with E-state index < -0.39 is 5.97 Å². The lowest BCUT2D eigenvalue weighted by molar-refractivity contribution is -0.136. The first kappa shape index (κ1) is 19.7. The normalized spacial score (nSPS) is 11.5. The summed E-state index contributed by atoms with van der Waals surface area (Å²) in [7, 11) is 1.91. The highest BCUT2D eigenvalue weighted by atomic mass is 35.5. The van der Waals surface area contributed by atoms with E-state index in [4.69, 9.17) is 16.6 Å². The summed E-state index contributed by atoms with van der Waals surface area (Å²) < 4.78 is 2.77. The smallest absolute Gasteiger partial charge is 0.307 e. The highest BCUT2D eigenvalue weighted by Gasteiger charge is 2.20. The molecule has 5 nitrogen and oxygen atoms in total. The van der Waals surface area contributed by atoms with Crippen LogP contribution in [0, 0.1) is 6.92 Å². The maximum atomic E-state index is 11.6. The van der Waals surface area contributed by atoms with Crippen molar-refractivity contribution in [1.29, 1.82) is 0 Å². The van der Waals surface area contributed by atoms with E-state index in [1.165, 1.54) is 0 Å². The molecule has 31 heavy (non-hydrogen) atoms. The minimum absolute atomic E-state index is 0.0504. The number of carbonyl (C=O) groups is 1. The van der Waals surface area contributed by atoms with Crippen molar-refractivity contribution in [3.8, 4) is 21.7 Å². The van der Waals surface area contributed by atoms with Crippen molar-refractivity contribution in [3.05, 3.63) is 70.9 Å². The van der Waals surface area contributed by atoms with Crippen LogP contribution < -0.4 is 0 Å². The van der Waals surface area contributed by atoms with Gasteiger partial charge in [-0.1, -0.05) is 35.9 Å². The maximum absolute atomic E-state index is 11.6. The SMILES string of the molecule is Cc1cc2nc(-c3cccc4nn(C)cc34)sc2c(-c2ccc(Cl)cc2)c1CC(=O)O. The highest BCUT2D eigenvalue weighted by Crippen LogP contribution is 2.42. The Bertz CT molecular complexity index is 1470. The number of aromatic nitrogens is 3. The predicted molar refractivity (Wildman–Crippen MR) is 126 cm³/mol. The lowest BCUT2D eigenvalue weighted by Gasteiger charge is -2.13. The Hall–Kier alpha value is -3.22. The molecule has 0 atom stereocenters. The Labute approximate surface area is 187 Å². The third-order valence-electron chi connectivity index (χ3n) is 5.37. The van der Waals surface area contributed by atoms with Gasteiger partial charge in [-0.15, -0.1) is 11.3 Å². The van der Waals surface area contributed by atoms with E-state index in [-0.39, 0.29) is 6.42 Å². The van der Waals surface area contributed by atoms with Gasteiger partial charge in [-0.3, -0.25) is 9.48 Å². The number of aliphatic carboxylic acids is 1. The second kappa shape index (κ2) is 7.48. The molecular formula is C24H18ClN3O2S. The average Bonchev–Trinajstić information content (AvgIpc) is 3.31. The third-order valence-corrected chi connectivity index (χ3v) is 6.74. The quantitative estimate of drug-likeness (QED) is 0.361. The second-order valence-electron chi connectivity index (χ2n) is 7.53. The van der Waals surface area contributed by atoms with Gasteiger partial charge in [0.1, 0.15) is 5.01 Å². The topological polar surface area (TPSA) is 68.0 Å². The molecule has 0 fully saturated rings. The van der Waals surface area contributed by atoms with Gasteiger partial charge in [0.05, 0.1) is 22.2 Å². The zero-order chi connectivity index (χ0) is 21.7. The number of thiazole rings is 1. The Morgan fingerprint density at radius 3 is 2.68 bits per heavy atom. The fourth-order valence-electron chi connectivity index (χ4n) is 4.00. The van der Waals surface area contributed by atoms with Crippen molar-refractivity contribution in [2.45, 2.75) is 13.3 Å². The number of carboxylic acid groups (broad SMARTS) is 1. The van der Waals surface area contributed by atoms with Crippen LogP contribution in [-0.2, 0) is 18.3 Å². The standard InChI is InChI=1S/C24H18ClN3O2S/c1-13-10-20-23(22(17(13)11-21(29)30)14-6-8-15(25)9-7-14)31-24(26-20)16-4-3-5-19-18(16)12-28(2)27-19/h3-10,12H,11H2,1-2H3,(H,29,30). The predicted octanol–water partition coefficient (Wildman–Crippen LogP) is 6.11. The van der Waals surface area contributed by atoms with Crippen LogP contribution in [0.15, 0.2) is 54.7 Å². The van der Waals surface area contributed by atoms with Gasteiger partial charge in [-0.25, -0.2) is 4.98 Å². The number of fused-ring (bicyclic) bond motifs is 2. The molecule has 2 aromatic heterocycles. The Morgan fingerprint density at radius 1 is 1.16 bits per heavy atom. The van der Waals surface area contributed by atoms with Crippen molar-refractivity contribution < 1.29 is 9.90 Å². The molecule has 7 heteroatoms. The number of hydrogen-bond acceptors (Lipinski definition) is 4. The van der Waals surface area contributed by atoms with Crippen LogP contribution in [0.4, 0.5) is 0 Å². The number of hydrogen-bond donors (Lipinski definition) is 1. The molecule has 0 amide bonds. The molecule has 5 rings (SSSR count). The fraction of sp³-hybridized carbons (Fsp3) is 0.125. The van der Waals surface area contributed by atoms with Crippen LogP contribution in [-0.4, -0.2) is 25.8 Å². The Morgan fingerprint density at radius 2 is 1.94 bits per heavy atom. The molecule has 2 heterocycles. The van der Waals surface area contributed by atoms with Crippen LogP contribution in [0.25, 0.3) is 42.8 Å². The summed E-state index contributed by atoms with van der Waals surface area (Å²) in [5, 5.41) is 16.6. The molecule has 0 aliphatic rings. The van der Waals surface area contributed by atoms with Gasteiger partial charge in [0.25, 0.3) is 0 Å². The largest absolute Gasteiger partial charge is 0.481 e. The van der Waals surface area contributed by atoms with E-state index >= 15 is 0 Å². The molecule has 0 radical (unpaired) electrons. The summed E-state index contributed by atoms with van der Waals surface area (Å²) in [6, 6.07) is 15.5. The van der Waals surface area contributed by atoms with Gasteiger partial charge in [0, 0.05) is 34.8 Å². The minimum atomic E-state index is -0.859. The van der Waals surface area contributed by atoms with Gasteiger partial charge in [0.15, 0.2) is 0 Å². The van der Waals surface area contributed by atoms with Crippen molar-refractivity contribution in [2.75, 3.05) is 0 Å². The summed E-state index contributed by atoms with van der Waals surface area (Å²) in [6.45, 7) is 1.94. The van der Waals surface area contributed by atoms with Crippen molar-refractivity contribution >= 4 is 50.0 Å². The van der Waals surface area contributed by atoms with E-state index in [1.807, 2.05) is 62.6 Å². The Balaban J connectivity index is 1.81. The Kier molecular flexibility index (Phi) is 4.76. The zero-order valence-electron chi connectivity index (χ0n) is 16.9. The molecule has 1 N–H and O–H groups in total. The maximum Gasteiger partial charge on any atom is 0.307 e. The first-order chi connectivity index (χ1) is 14.9. The van der Waals surface area contributed by atoms with E-state index in [2.05, 4.69) is 11.2 Å². The monoisotopic (exact) mass is 447 g/mol. The number of aryl methyl sites for hydroxylation is 2. The third kappa shape index (κ3) is 3.48. The van der Waals surface area contributed by atoms with E-state index in [0.29, 0.717) is 5.02 Å². The number of rotatable bonds is 4. The van der Waals surface area contributed by atoms with Gasteiger partial charge in [0.2, 0.25) is 0 Å². The van der Waals surface area contributed by atoms with Gasteiger partial charge in [-0.2, -0.15) is 5.10 Å². The molecular weight excluding hydrogens is 430 g/mol. The molecule has 0 aliphatic carbocycles. The molecule has 0 bridgehead atoms. The first-order valence-electron chi connectivity index (χ1n) is 9.74. The highest BCUT2D eigenvalue weighted by molar-refractivity contribution is 7.22. The minimum Gasteiger partial charge on any atom is -0.481 e. The lowest BCUT2D eigenvalue weighted by atomic mass is 9.93. The molecule has 0 saturated carbocycles. The van der Waals surface area contributed by atoms with Gasteiger partial charge in [-0.05, 0) is 47.9 Å². The molecule has 154 valence electrons. The first-order valence-corrected chi connectivity index (χ1v) is 10.9. The van der Waals surface area contributed by atoms with Crippen LogP contribution in [0.5, 0.6) is 0 Å². The van der Waals surface area contributed by atoms with Crippen molar-refractivity contribution in [3.63, 3.8) is 0 Å². The number of halogens is 1. The fourth-order valence-corrected chi connectivity index (χ4v) is 5.30. The summed E-state index contributed by atoms with van der Waals surface area (Å²) in [6.07, 6.45) is 1.95. The zero-order valence-corrected chi connectivity index (χ0v) is 18.5. The van der Waals surface area contributed by atoms with Crippen LogP contribution >= 0.6 is 22.9 Å². The summed E-state index contributed by atoms with van der Waals surface area (Å²) in [4.78, 5) is 16.6. The summed E-state index contributed by atoms with van der Waals surface area (Å²) >= 11 is 7.68. The van der Waals surface area contributed by atoms with Crippen molar-refractivity contribution in [2.24, 2.45) is 7.05 Å². The van der Waals surface area contributed by atoms with E-state index in [1.54, 1.807) is 16.0 Å². The molecule has 3 aromatic carbocycles. The lowest BCUT2D eigenvalue weighted by Crippen LogP contribution is -2.04. The number of carboxylic acids is 1. The molecule has 0 unspecified atom stereocenters. The van der Waals surface area contributed by atoms with Gasteiger partial charge < -0.3 is 5.11 Å².